The molecule has 1 unspecified atom stereocenters. The van der Waals surface area contributed by atoms with Gasteiger partial charge in [-0.2, -0.15) is 13.2 Å². The minimum Gasteiger partial charge on any atom is -0.494 e. The molecular formula is C15H16F3NO2. The molecule has 1 atom stereocenters. The van der Waals surface area contributed by atoms with Crippen LogP contribution in [0.15, 0.2) is 48.8 Å². The summed E-state index contributed by atoms with van der Waals surface area (Å²) >= 11 is 0. The van der Waals surface area contributed by atoms with Gasteiger partial charge in [0, 0.05) is 24.5 Å². The highest BCUT2D eigenvalue weighted by atomic mass is 19.4. The summed E-state index contributed by atoms with van der Waals surface area (Å²) in [7, 11) is 0. The monoisotopic (exact) mass is 299 g/mol. The first-order valence-electron chi connectivity index (χ1n) is 6.55. The van der Waals surface area contributed by atoms with E-state index in [1.165, 1.54) is 18.5 Å². The summed E-state index contributed by atoms with van der Waals surface area (Å²) in [4.78, 5) is 0. The fraction of sp³-hybridized carbons (Fsp3) is 0.333. The molecule has 1 heterocycles. The van der Waals surface area contributed by atoms with Crippen molar-refractivity contribution in [1.29, 1.82) is 0 Å². The van der Waals surface area contributed by atoms with E-state index in [4.69, 9.17) is 9.84 Å². The predicted molar refractivity (Wildman–Crippen MR) is 72.0 cm³/mol. The van der Waals surface area contributed by atoms with Crippen molar-refractivity contribution in [3.05, 3.63) is 54.4 Å². The van der Waals surface area contributed by atoms with Gasteiger partial charge in [-0.15, -0.1) is 0 Å². The number of benzene rings is 1. The van der Waals surface area contributed by atoms with Gasteiger partial charge in [-0.05, 0) is 24.6 Å². The Morgan fingerprint density at radius 3 is 2.52 bits per heavy atom. The van der Waals surface area contributed by atoms with Crippen molar-refractivity contribution in [2.45, 2.75) is 25.2 Å². The summed E-state index contributed by atoms with van der Waals surface area (Å²) in [5, 5.41) is 9.13. The van der Waals surface area contributed by atoms with Gasteiger partial charge in [0.15, 0.2) is 6.10 Å². The summed E-state index contributed by atoms with van der Waals surface area (Å²) < 4.78 is 44.2. The van der Waals surface area contributed by atoms with Crippen LogP contribution in [0.3, 0.4) is 0 Å². The van der Waals surface area contributed by atoms with E-state index in [0.29, 0.717) is 19.6 Å². The highest BCUT2D eigenvalue weighted by Gasteiger charge is 2.39. The zero-order chi connectivity index (χ0) is 15.3. The number of aliphatic hydroxyl groups is 1. The van der Waals surface area contributed by atoms with E-state index in [0.717, 1.165) is 5.75 Å². The number of aromatic nitrogens is 1. The molecule has 1 aromatic carbocycles. The second kappa shape index (κ2) is 6.67. The van der Waals surface area contributed by atoms with Gasteiger partial charge < -0.3 is 14.4 Å². The molecule has 2 rings (SSSR count). The number of ether oxygens (including phenoxy) is 1. The van der Waals surface area contributed by atoms with E-state index in [1.807, 2.05) is 30.3 Å². The van der Waals surface area contributed by atoms with Gasteiger partial charge >= 0.3 is 6.18 Å². The number of rotatable bonds is 6. The van der Waals surface area contributed by atoms with Crippen molar-refractivity contribution in [2.24, 2.45) is 0 Å². The molecule has 114 valence electrons. The molecule has 6 heteroatoms. The molecule has 0 amide bonds. The summed E-state index contributed by atoms with van der Waals surface area (Å²) in [6, 6.07) is 10.6. The number of aliphatic hydroxyl groups excluding tert-OH is 1. The summed E-state index contributed by atoms with van der Waals surface area (Å²) in [5.41, 5.74) is -0.147. The number of hydrogen-bond acceptors (Lipinski definition) is 2. The fourth-order valence-corrected chi connectivity index (χ4v) is 1.90. The van der Waals surface area contributed by atoms with Gasteiger partial charge in [-0.1, -0.05) is 18.2 Å². The van der Waals surface area contributed by atoms with Crippen molar-refractivity contribution in [3.63, 3.8) is 0 Å². The molecule has 0 spiro atoms. The Balaban J connectivity index is 1.78. The average molecular weight is 299 g/mol. The molecular weight excluding hydrogens is 283 g/mol. The summed E-state index contributed by atoms with van der Waals surface area (Å²) in [6.45, 7) is 0.997. The smallest absolute Gasteiger partial charge is 0.418 e. The minimum atomic E-state index is -4.64. The van der Waals surface area contributed by atoms with Crippen LogP contribution >= 0.6 is 0 Å². The summed E-state index contributed by atoms with van der Waals surface area (Å²) in [5.74, 6) is 0.762. The Bertz CT molecular complexity index is 552. The van der Waals surface area contributed by atoms with Crippen LogP contribution < -0.4 is 4.74 Å². The molecule has 0 aliphatic heterocycles. The lowest BCUT2D eigenvalue weighted by molar-refractivity contribution is -0.206. The van der Waals surface area contributed by atoms with Crippen LogP contribution in [0.25, 0.3) is 0 Å². The van der Waals surface area contributed by atoms with E-state index < -0.39 is 12.3 Å². The number of halogens is 3. The van der Waals surface area contributed by atoms with Crippen LogP contribution in [0.4, 0.5) is 13.2 Å². The minimum absolute atomic E-state index is 0.147. The molecule has 2 aromatic rings. The molecule has 0 radical (unpaired) electrons. The maximum Gasteiger partial charge on any atom is 0.418 e. The van der Waals surface area contributed by atoms with Crippen LogP contribution in [0.1, 0.15) is 18.1 Å². The third kappa shape index (κ3) is 4.53. The van der Waals surface area contributed by atoms with Gasteiger partial charge in [0.25, 0.3) is 0 Å². The zero-order valence-corrected chi connectivity index (χ0v) is 11.3. The molecule has 0 saturated carbocycles. The van der Waals surface area contributed by atoms with Crippen LogP contribution in [-0.2, 0) is 6.54 Å². The third-order valence-corrected chi connectivity index (χ3v) is 2.97. The molecule has 0 bridgehead atoms. The van der Waals surface area contributed by atoms with Gasteiger partial charge in [0.2, 0.25) is 0 Å². The Morgan fingerprint density at radius 2 is 1.86 bits per heavy atom. The molecule has 0 aliphatic rings. The first kappa shape index (κ1) is 15.4. The lowest BCUT2D eigenvalue weighted by Crippen LogP contribution is -2.19. The molecule has 21 heavy (non-hydrogen) atoms. The molecule has 0 aliphatic carbocycles. The average Bonchev–Trinajstić information content (AvgIpc) is 2.91. The second-order valence-corrected chi connectivity index (χ2v) is 4.64. The second-order valence-electron chi connectivity index (χ2n) is 4.64. The number of nitrogens with zero attached hydrogens (tertiary/aromatic N) is 1. The molecule has 1 aromatic heterocycles. The van der Waals surface area contributed by atoms with Crippen molar-refractivity contribution < 1.29 is 23.0 Å². The Morgan fingerprint density at radius 1 is 1.14 bits per heavy atom. The van der Waals surface area contributed by atoms with Gasteiger partial charge in [0.05, 0.1) is 6.61 Å². The van der Waals surface area contributed by atoms with Crippen LogP contribution in [0, 0.1) is 0 Å². The van der Waals surface area contributed by atoms with Crippen LogP contribution in [-0.4, -0.2) is 22.5 Å². The Hall–Kier alpha value is -1.95. The normalized spacial score (nSPS) is 13.1. The number of aryl methyl sites for hydroxylation is 1. The Kier molecular flexibility index (Phi) is 4.90. The van der Waals surface area contributed by atoms with E-state index in [1.54, 1.807) is 4.57 Å². The third-order valence-electron chi connectivity index (χ3n) is 2.97. The SMILES string of the molecule is OC(c1ccn(CCCOc2ccccc2)c1)C(F)(F)F. The highest BCUT2D eigenvalue weighted by Crippen LogP contribution is 2.32. The lowest BCUT2D eigenvalue weighted by Gasteiger charge is -2.12. The Labute approximate surface area is 120 Å². The predicted octanol–water partition coefficient (Wildman–Crippen LogP) is 3.55. The molecule has 1 N–H and O–H groups in total. The maximum absolute atomic E-state index is 12.4. The topological polar surface area (TPSA) is 34.4 Å². The van der Waals surface area contributed by atoms with Crippen molar-refractivity contribution >= 4 is 0 Å². The number of para-hydroxylation sites is 1. The summed E-state index contributed by atoms with van der Waals surface area (Å²) in [6.07, 6.45) is -3.58. The van der Waals surface area contributed by atoms with Crippen LogP contribution in [0.5, 0.6) is 5.75 Å². The largest absolute Gasteiger partial charge is 0.494 e. The maximum atomic E-state index is 12.4. The van der Waals surface area contributed by atoms with Gasteiger partial charge in [-0.3, -0.25) is 0 Å². The fourth-order valence-electron chi connectivity index (χ4n) is 1.90. The van der Waals surface area contributed by atoms with Crippen LogP contribution in [0.2, 0.25) is 0 Å². The van der Waals surface area contributed by atoms with Gasteiger partial charge in [-0.25, -0.2) is 0 Å². The number of hydrogen-bond donors (Lipinski definition) is 1. The molecule has 0 fully saturated rings. The van der Waals surface area contributed by atoms with E-state index >= 15 is 0 Å². The lowest BCUT2D eigenvalue weighted by atomic mass is 10.2. The van der Waals surface area contributed by atoms with Crippen molar-refractivity contribution in [1.82, 2.24) is 4.57 Å². The van der Waals surface area contributed by atoms with E-state index in [-0.39, 0.29) is 5.56 Å². The molecule has 3 nitrogen and oxygen atoms in total. The number of alkyl halides is 3. The molecule has 0 saturated heterocycles. The highest BCUT2D eigenvalue weighted by molar-refractivity contribution is 5.20. The quantitative estimate of drug-likeness (QED) is 0.828. The first-order chi connectivity index (χ1) is 9.97. The van der Waals surface area contributed by atoms with Crippen molar-refractivity contribution in [3.8, 4) is 5.75 Å². The van der Waals surface area contributed by atoms with Crippen molar-refractivity contribution in [2.75, 3.05) is 6.61 Å². The standard InChI is InChI=1S/C15H16F3NO2/c16-15(17,18)14(20)12-7-9-19(11-12)8-4-10-21-13-5-2-1-3-6-13/h1-3,5-7,9,11,14,20H,4,8,10H2. The van der Waals surface area contributed by atoms with E-state index in [2.05, 4.69) is 0 Å². The first-order valence-corrected chi connectivity index (χ1v) is 6.55. The van der Waals surface area contributed by atoms with Gasteiger partial charge in [0.1, 0.15) is 5.75 Å². The zero-order valence-electron chi connectivity index (χ0n) is 11.3. The van der Waals surface area contributed by atoms with E-state index in [9.17, 15) is 13.2 Å².